The van der Waals surface area contributed by atoms with Crippen molar-refractivity contribution >= 4 is 0 Å². The van der Waals surface area contributed by atoms with E-state index in [1.54, 1.807) is 0 Å². The molecule has 1 aliphatic carbocycles. The molecule has 0 fully saturated rings. The third kappa shape index (κ3) is 3.19. The van der Waals surface area contributed by atoms with Crippen LogP contribution in [0, 0.1) is 27.7 Å². The highest BCUT2D eigenvalue weighted by atomic mass is 14.5. The molecule has 0 atom stereocenters. The lowest BCUT2D eigenvalue weighted by Crippen LogP contribution is -2.31. The predicted molar refractivity (Wildman–Crippen MR) is 141 cm³/mol. The van der Waals surface area contributed by atoms with Crippen molar-refractivity contribution in [2.45, 2.75) is 59.8 Å². The molecular weight excluding hydrogens is 396 g/mol. The molecule has 0 radical (unpaired) electrons. The fourth-order valence-corrected chi connectivity index (χ4v) is 5.86. The maximum absolute atomic E-state index is 2.48. The lowest BCUT2D eigenvalue weighted by Gasteiger charge is -2.37. The molecule has 166 valence electrons. The predicted octanol–water partition coefficient (Wildman–Crippen LogP) is 8.41. The van der Waals surface area contributed by atoms with Gasteiger partial charge >= 0.3 is 0 Å². The zero-order valence-electron chi connectivity index (χ0n) is 20.8. The van der Waals surface area contributed by atoms with Crippen LogP contribution in [0.15, 0.2) is 72.8 Å². The second-order valence-electron chi connectivity index (χ2n) is 9.85. The normalized spacial score (nSPS) is 13.6. The number of rotatable bonds is 4. The first-order chi connectivity index (χ1) is 15.9. The number of benzene rings is 4. The van der Waals surface area contributed by atoms with Crippen LogP contribution in [0.5, 0.6) is 0 Å². The van der Waals surface area contributed by atoms with Gasteiger partial charge in [-0.2, -0.15) is 0 Å². The monoisotopic (exact) mass is 430 g/mol. The van der Waals surface area contributed by atoms with Gasteiger partial charge in [-0.15, -0.1) is 0 Å². The Balaban J connectivity index is 2.04. The summed E-state index contributed by atoms with van der Waals surface area (Å²) >= 11 is 0. The Morgan fingerprint density at radius 2 is 0.909 bits per heavy atom. The van der Waals surface area contributed by atoms with Crippen LogP contribution in [0.1, 0.15) is 69.5 Å². The van der Waals surface area contributed by atoms with Gasteiger partial charge in [0, 0.05) is 0 Å². The molecule has 5 rings (SSSR count). The van der Waals surface area contributed by atoms with Crippen LogP contribution < -0.4 is 0 Å². The van der Waals surface area contributed by atoms with Gasteiger partial charge in [0.15, 0.2) is 0 Å². The van der Waals surface area contributed by atoms with E-state index in [1.807, 2.05) is 0 Å². The van der Waals surface area contributed by atoms with Crippen LogP contribution in [0.2, 0.25) is 0 Å². The summed E-state index contributed by atoms with van der Waals surface area (Å²) in [5.41, 5.74) is 16.3. The van der Waals surface area contributed by atoms with E-state index in [4.69, 9.17) is 0 Å². The van der Waals surface area contributed by atoms with E-state index in [2.05, 4.69) is 114 Å². The molecular formula is C33H34. The maximum atomic E-state index is 2.48. The van der Waals surface area contributed by atoms with E-state index >= 15 is 0 Å². The SMILES string of the molecule is CCc1ccc(C)c(C2(c3cc(CC)ccc3C)c3cc(C)ccc3-c3ccc(C)cc32)c1. The first-order valence-electron chi connectivity index (χ1n) is 12.3. The summed E-state index contributed by atoms with van der Waals surface area (Å²) < 4.78 is 0. The Morgan fingerprint density at radius 3 is 1.30 bits per heavy atom. The molecule has 33 heavy (non-hydrogen) atoms. The summed E-state index contributed by atoms with van der Waals surface area (Å²) in [7, 11) is 0. The second kappa shape index (κ2) is 8.03. The Morgan fingerprint density at radius 1 is 0.485 bits per heavy atom. The molecule has 1 aliphatic rings. The minimum Gasteiger partial charge on any atom is -0.0613 e. The first-order valence-corrected chi connectivity index (χ1v) is 12.3. The van der Waals surface area contributed by atoms with Crippen LogP contribution in [-0.4, -0.2) is 0 Å². The molecule has 0 spiro atoms. The zero-order chi connectivity index (χ0) is 23.3. The number of aryl methyl sites for hydroxylation is 6. The Hall–Kier alpha value is -3.12. The van der Waals surface area contributed by atoms with Gasteiger partial charge in [-0.05, 0) is 96.2 Å². The van der Waals surface area contributed by atoms with Gasteiger partial charge in [0.25, 0.3) is 0 Å². The Kier molecular flexibility index (Phi) is 5.28. The molecule has 4 aromatic carbocycles. The molecule has 0 bridgehead atoms. The number of hydrogen-bond donors (Lipinski definition) is 0. The van der Waals surface area contributed by atoms with Gasteiger partial charge in [-0.1, -0.05) is 97.8 Å². The van der Waals surface area contributed by atoms with E-state index in [-0.39, 0.29) is 5.41 Å². The largest absolute Gasteiger partial charge is 0.0719 e. The lowest BCUT2D eigenvalue weighted by molar-refractivity contribution is 0.748. The summed E-state index contributed by atoms with van der Waals surface area (Å²) in [5.74, 6) is 0. The minimum atomic E-state index is -0.312. The molecule has 0 saturated carbocycles. The molecule has 0 N–H and O–H groups in total. The van der Waals surface area contributed by atoms with Crippen molar-refractivity contribution in [2.24, 2.45) is 0 Å². The summed E-state index contributed by atoms with van der Waals surface area (Å²) in [6.45, 7) is 13.6. The van der Waals surface area contributed by atoms with E-state index in [9.17, 15) is 0 Å². The van der Waals surface area contributed by atoms with Gasteiger partial charge < -0.3 is 0 Å². The summed E-state index contributed by atoms with van der Waals surface area (Å²) in [6, 6.07) is 28.3. The lowest BCUT2D eigenvalue weighted by atomic mass is 9.64. The summed E-state index contributed by atoms with van der Waals surface area (Å²) in [4.78, 5) is 0. The molecule has 0 aliphatic heterocycles. The van der Waals surface area contributed by atoms with Gasteiger partial charge in [0.05, 0.1) is 5.41 Å². The highest BCUT2D eigenvalue weighted by molar-refractivity contribution is 5.87. The van der Waals surface area contributed by atoms with Crippen molar-refractivity contribution in [3.05, 3.63) is 128 Å². The van der Waals surface area contributed by atoms with Crippen LogP contribution in [0.25, 0.3) is 11.1 Å². The molecule has 0 saturated heterocycles. The van der Waals surface area contributed by atoms with E-state index in [1.165, 1.54) is 66.8 Å². The topological polar surface area (TPSA) is 0 Å². The molecule has 0 nitrogen and oxygen atoms in total. The highest BCUT2D eigenvalue weighted by Gasteiger charge is 2.47. The average molecular weight is 431 g/mol. The van der Waals surface area contributed by atoms with Gasteiger partial charge in [0.1, 0.15) is 0 Å². The third-order valence-corrected chi connectivity index (χ3v) is 7.68. The average Bonchev–Trinajstić information content (AvgIpc) is 3.09. The Bertz CT molecular complexity index is 1260. The summed E-state index contributed by atoms with van der Waals surface area (Å²) in [5, 5.41) is 0. The van der Waals surface area contributed by atoms with Crippen molar-refractivity contribution in [1.29, 1.82) is 0 Å². The van der Waals surface area contributed by atoms with Crippen LogP contribution in [0.4, 0.5) is 0 Å². The van der Waals surface area contributed by atoms with Gasteiger partial charge in [-0.25, -0.2) is 0 Å². The fourth-order valence-electron chi connectivity index (χ4n) is 5.86. The van der Waals surface area contributed by atoms with Crippen molar-refractivity contribution in [1.82, 2.24) is 0 Å². The quantitative estimate of drug-likeness (QED) is 0.268. The molecule has 0 aromatic heterocycles. The number of fused-ring (bicyclic) bond motifs is 3. The van der Waals surface area contributed by atoms with E-state index < -0.39 is 0 Å². The second-order valence-corrected chi connectivity index (χ2v) is 9.85. The minimum absolute atomic E-state index is 0.312. The van der Waals surface area contributed by atoms with Gasteiger partial charge in [-0.3, -0.25) is 0 Å². The van der Waals surface area contributed by atoms with Crippen molar-refractivity contribution in [2.75, 3.05) is 0 Å². The van der Waals surface area contributed by atoms with Crippen LogP contribution >= 0.6 is 0 Å². The molecule has 0 amide bonds. The first kappa shape index (κ1) is 21.7. The summed E-state index contributed by atoms with van der Waals surface area (Å²) in [6.07, 6.45) is 2.08. The van der Waals surface area contributed by atoms with Crippen molar-refractivity contribution in [3.8, 4) is 11.1 Å². The van der Waals surface area contributed by atoms with Crippen molar-refractivity contribution in [3.63, 3.8) is 0 Å². The van der Waals surface area contributed by atoms with Crippen LogP contribution in [0.3, 0.4) is 0 Å². The Labute approximate surface area is 199 Å². The standard InChI is InChI=1S/C33H34/c1-7-25-13-11-23(5)29(19-25)33(30-20-26(8-2)14-12-24(30)6)31-17-21(3)9-15-27(31)28-16-10-22(4)18-32(28)33/h9-20H,7-8H2,1-6H3. The number of hydrogen-bond acceptors (Lipinski definition) is 0. The van der Waals surface area contributed by atoms with Crippen molar-refractivity contribution < 1.29 is 0 Å². The maximum Gasteiger partial charge on any atom is 0.0719 e. The zero-order valence-corrected chi connectivity index (χ0v) is 20.8. The smallest absolute Gasteiger partial charge is 0.0613 e. The fraction of sp³-hybridized carbons (Fsp3) is 0.273. The molecule has 4 aromatic rings. The van der Waals surface area contributed by atoms with E-state index in [0.29, 0.717) is 0 Å². The molecule has 0 heteroatoms. The van der Waals surface area contributed by atoms with E-state index in [0.717, 1.165) is 12.8 Å². The highest BCUT2D eigenvalue weighted by Crippen LogP contribution is 2.58. The third-order valence-electron chi connectivity index (χ3n) is 7.68. The van der Waals surface area contributed by atoms with Gasteiger partial charge in [0.2, 0.25) is 0 Å². The molecule has 0 heterocycles. The molecule has 0 unspecified atom stereocenters. The van der Waals surface area contributed by atoms with Crippen LogP contribution in [-0.2, 0) is 18.3 Å².